The van der Waals surface area contributed by atoms with Gasteiger partial charge in [-0.25, -0.2) is 0 Å². The molecule has 0 aromatic carbocycles. The molecule has 0 aromatic heterocycles. The van der Waals surface area contributed by atoms with Crippen LogP contribution in [0, 0.1) is 17.8 Å². The van der Waals surface area contributed by atoms with Gasteiger partial charge in [-0.15, -0.1) is 0 Å². The van der Waals surface area contributed by atoms with Gasteiger partial charge in [0.05, 0.1) is 3.23 Å². The van der Waals surface area contributed by atoms with Crippen molar-refractivity contribution in [2.24, 2.45) is 5.92 Å². The highest BCUT2D eigenvalue weighted by Crippen LogP contribution is 2.57. The smallest absolute Gasteiger partial charge is 0.122 e. The van der Waals surface area contributed by atoms with Crippen LogP contribution in [-0.4, -0.2) is 15.9 Å². The summed E-state index contributed by atoms with van der Waals surface area (Å²) in [5.41, 5.74) is -0.309. The van der Waals surface area contributed by atoms with Crippen LogP contribution in [0.15, 0.2) is 0 Å². The Morgan fingerprint density at radius 3 is 2.46 bits per heavy atom. The highest BCUT2D eigenvalue weighted by molar-refractivity contribution is 9.25. The summed E-state index contributed by atoms with van der Waals surface area (Å²) in [6, 6.07) is 0. The molecule has 0 amide bonds. The number of methoxy groups -OCH3 is 1. The summed E-state index contributed by atoms with van der Waals surface area (Å²) < 4.78 is 5.37. The van der Waals surface area contributed by atoms with Crippen LogP contribution in [0.5, 0.6) is 0 Å². The predicted octanol–water partition coefficient (Wildman–Crippen LogP) is 3.31. The molecule has 1 unspecified atom stereocenters. The van der Waals surface area contributed by atoms with E-state index in [1.807, 2.05) is 13.8 Å². The number of halogens is 2. The van der Waals surface area contributed by atoms with Crippen LogP contribution >= 0.6 is 31.9 Å². The first-order chi connectivity index (χ1) is 5.87. The minimum atomic E-state index is -0.309. The highest BCUT2D eigenvalue weighted by Gasteiger charge is 2.49. The van der Waals surface area contributed by atoms with Gasteiger partial charge in [0.2, 0.25) is 0 Å². The maximum atomic E-state index is 5.19. The molecule has 0 bridgehead atoms. The molecule has 1 rings (SSSR count). The maximum Gasteiger partial charge on any atom is 0.122 e. The molecular formula is C10H14Br2O. The molecule has 1 atom stereocenters. The second-order valence-corrected chi connectivity index (χ2v) is 7.78. The molecule has 0 heterocycles. The summed E-state index contributed by atoms with van der Waals surface area (Å²) in [6.45, 7) is 3.95. The number of hydrogen-bond acceptors (Lipinski definition) is 1. The molecule has 0 radical (unpaired) electrons. The van der Waals surface area contributed by atoms with Crippen molar-refractivity contribution in [3.63, 3.8) is 0 Å². The van der Waals surface area contributed by atoms with Gasteiger partial charge in [-0.1, -0.05) is 43.7 Å². The van der Waals surface area contributed by atoms with E-state index in [0.29, 0.717) is 5.92 Å². The Labute approximate surface area is 96.9 Å². The maximum absolute atomic E-state index is 5.19. The summed E-state index contributed by atoms with van der Waals surface area (Å²) in [5, 5.41) is 0. The molecule has 1 aliphatic carbocycles. The van der Waals surface area contributed by atoms with E-state index in [4.69, 9.17) is 4.74 Å². The van der Waals surface area contributed by atoms with E-state index in [1.54, 1.807) is 7.11 Å². The Morgan fingerprint density at radius 2 is 2.08 bits per heavy atom. The molecule has 3 heteroatoms. The van der Waals surface area contributed by atoms with E-state index in [9.17, 15) is 0 Å². The zero-order chi connectivity index (χ0) is 10.1. The van der Waals surface area contributed by atoms with Crippen molar-refractivity contribution in [2.75, 3.05) is 7.11 Å². The van der Waals surface area contributed by atoms with Crippen molar-refractivity contribution in [1.82, 2.24) is 0 Å². The normalized spacial score (nSPS) is 24.8. The molecule has 0 spiro atoms. The highest BCUT2D eigenvalue weighted by atomic mass is 79.9. The monoisotopic (exact) mass is 308 g/mol. The molecule has 1 aliphatic rings. The summed E-state index contributed by atoms with van der Waals surface area (Å²) in [7, 11) is 1.69. The Kier molecular flexibility index (Phi) is 3.49. The van der Waals surface area contributed by atoms with Gasteiger partial charge < -0.3 is 4.74 Å². The first-order valence-corrected chi connectivity index (χ1v) is 5.89. The quantitative estimate of drug-likeness (QED) is 0.562. The molecule has 0 saturated heterocycles. The summed E-state index contributed by atoms with van der Waals surface area (Å²) >= 11 is 7.14. The van der Waals surface area contributed by atoms with Gasteiger partial charge in [-0.2, -0.15) is 0 Å². The average molecular weight is 310 g/mol. The molecule has 74 valence electrons. The predicted molar refractivity (Wildman–Crippen MR) is 62.2 cm³/mol. The molecule has 1 nitrogen and oxygen atoms in total. The summed E-state index contributed by atoms with van der Waals surface area (Å²) in [5.74, 6) is 6.91. The van der Waals surface area contributed by atoms with Crippen LogP contribution < -0.4 is 0 Å². The van der Waals surface area contributed by atoms with Gasteiger partial charge >= 0.3 is 0 Å². The molecular weight excluding hydrogens is 296 g/mol. The van der Waals surface area contributed by atoms with Crippen LogP contribution in [0.25, 0.3) is 0 Å². The molecule has 1 saturated carbocycles. The van der Waals surface area contributed by atoms with E-state index in [2.05, 4.69) is 43.7 Å². The first-order valence-electron chi connectivity index (χ1n) is 4.30. The van der Waals surface area contributed by atoms with Gasteiger partial charge in [-0.05, 0) is 26.2 Å². The largest absolute Gasteiger partial charge is 0.366 e. The molecule has 13 heavy (non-hydrogen) atoms. The standard InChI is InChI=1S/C10H14Br2O/c1-9(2,13-3)6-4-5-8-7-10(8,11)12/h8H,5,7H2,1-3H3. The number of rotatable bonds is 2. The summed E-state index contributed by atoms with van der Waals surface area (Å²) in [4.78, 5) is 0. The van der Waals surface area contributed by atoms with Crippen molar-refractivity contribution in [3.05, 3.63) is 0 Å². The SMILES string of the molecule is COC(C)(C)C#CCC1CC1(Br)Br. The zero-order valence-corrected chi connectivity index (χ0v) is 11.3. The van der Waals surface area contributed by atoms with Crippen LogP contribution in [0.4, 0.5) is 0 Å². The van der Waals surface area contributed by atoms with E-state index >= 15 is 0 Å². The molecule has 1 fully saturated rings. The van der Waals surface area contributed by atoms with Crippen molar-refractivity contribution in [2.45, 2.75) is 35.5 Å². The first kappa shape index (κ1) is 11.6. The van der Waals surface area contributed by atoms with Crippen molar-refractivity contribution in [3.8, 4) is 11.8 Å². The lowest BCUT2D eigenvalue weighted by atomic mass is 10.1. The third-order valence-corrected chi connectivity index (χ3v) is 4.15. The van der Waals surface area contributed by atoms with Crippen LogP contribution in [0.1, 0.15) is 26.7 Å². The molecule has 0 N–H and O–H groups in total. The fourth-order valence-corrected chi connectivity index (χ4v) is 2.03. The lowest BCUT2D eigenvalue weighted by Crippen LogP contribution is -2.19. The Balaban J connectivity index is 2.34. The second-order valence-electron chi connectivity index (χ2n) is 3.88. The molecule has 0 aliphatic heterocycles. The molecule has 0 aromatic rings. The van der Waals surface area contributed by atoms with Gasteiger partial charge in [0.25, 0.3) is 0 Å². The van der Waals surface area contributed by atoms with Crippen LogP contribution in [-0.2, 0) is 4.74 Å². The Morgan fingerprint density at radius 1 is 1.54 bits per heavy atom. The fourth-order valence-electron chi connectivity index (χ4n) is 0.929. The lowest BCUT2D eigenvalue weighted by molar-refractivity contribution is 0.0741. The Bertz CT molecular complexity index is 247. The van der Waals surface area contributed by atoms with Crippen molar-refractivity contribution < 1.29 is 4.74 Å². The third kappa shape index (κ3) is 3.61. The summed E-state index contributed by atoms with van der Waals surface area (Å²) in [6.07, 6.45) is 2.10. The van der Waals surface area contributed by atoms with Crippen LogP contribution in [0.3, 0.4) is 0 Å². The van der Waals surface area contributed by atoms with Crippen LogP contribution in [0.2, 0.25) is 0 Å². The number of alkyl halides is 2. The fraction of sp³-hybridized carbons (Fsp3) is 0.800. The van der Waals surface area contributed by atoms with Crippen molar-refractivity contribution in [1.29, 1.82) is 0 Å². The minimum absolute atomic E-state index is 0.173. The van der Waals surface area contributed by atoms with E-state index in [1.165, 1.54) is 0 Å². The van der Waals surface area contributed by atoms with Gasteiger partial charge in [-0.3, -0.25) is 0 Å². The van der Waals surface area contributed by atoms with E-state index < -0.39 is 0 Å². The minimum Gasteiger partial charge on any atom is -0.366 e. The topological polar surface area (TPSA) is 9.23 Å². The third-order valence-electron chi connectivity index (χ3n) is 2.20. The van der Waals surface area contributed by atoms with Crippen molar-refractivity contribution >= 4 is 31.9 Å². The van der Waals surface area contributed by atoms with E-state index in [0.717, 1.165) is 12.8 Å². The number of hydrogen-bond donors (Lipinski definition) is 0. The zero-order valence-electron chi connectivity index (χ0n) is 8.16. The van der Waals surface area contributed by atoms with Gasteiger partial charge in [0.15, 0.2) is 0 Å². The number of ether oxygens (including phenoxy) is 1. The average Bonchev–Trinajstić information content (AvgIpc) is 2.59. The second kappa shape index (κ2) is 3.92. The van der Waals surface area contributed by atoms with Gasteiger partial charge in [0, 0.05) is 13.5 Å². The Hall–Kier alpha value is 0.480. The lowest BCUT2D eigenvalue weighted by Gasteiger charge is -2.14. The van der Waals surface area contributed by atoms with E-state index in [-0.39, 0.29) is 8.83 Å². The van der Waals surface area contributed by atoms with Gasteiger partial charge in [0.1, 0.15) is 5.60 Å².